The Bertz CT molecular complexity index is 1030. The number of rotatable bonds is 9. The molecule has 8 nitrogen and oxygen atoms in total. The van der Waals surface area contributed by atoms with E-state index >= 15 is 0 Å². The number of benzene rings is 2. The molecule has 0 saturated heterocycles. The summed E-state index contributed by atoms with van der Waals surface area (Å²) in [6, 6.07) is 16.0. The van der Waals surface area contributed by atoms with Gasteiger partial charge in [0.1, 0.15) is 23.9 Å². The quantitative estimate of drug-likeness (QED) is 0.410. The van der Waals surface area contributed by atoms with Crippen LogP contribution < -0.4 is 14.8 Å². The Kier molecular flexibility index (Phi) is 8.08. The van der Waals surface area contributed by atoms with Gasteiger partial charge in [-0.2, -0.15) is 0 Å². The lowest BCUT2D eigenvalue weighted by atomic mass is 10.2. The van der Waals surface area contributed by atoms with Crippen LogP contribution in [0.4, 0.5) is 0 Å². The smallest absolute Gasteiger partial charge is 0.194 e. The molecule has 3 rings (SSSR count). The number of aryl methyl sites for hydroxylation is 2. The molecule has 0 aliphatic carbocycles. The van der Waals surface area contributed by atoms with Crippen LogP contribution in [0.15, 0.2) is 53.5 Å². The fraction of sp³-hybridized carbons (Fsp3) is 0.375. The Hall–Kier alpha value is -3.55. The van der Waals surface area contributed by atoms with Crippen molar-refractivity contribution in [2.45, 2.75) is 26.9 Å². The Balaban J connectivity index is 1.66. The van der Waals surface area contributed by atoms with Gasteiger partial charge in [0.25, 0.3) is 0 Å². The Labute approximate surface area is 189 Å². The van der Waals surface area contributed by atoms with E-state index in [0.29, 0.717) is 26.2 Å². The zero-order valence-corrected chi connectivity index (χ0v) is 19.5. The number of hydrogen-bond acceptors (Lipinski definition) is 5. The standard InChI is InChI=1S/C24H32N6O2/c1-18-8-6-7-9-22(18)32-15-14-29(3)24(26-17-23-28-27-19(2)30(23)4)25-16-20-10-12-21(31-5)13-11-20/h6-13H,14-17H2,1-5H3,(H,25,26). The molecule has 0 radical (unpaired) electrons. The van der Waals surface area contributed by atoms with E-state index in [4.69, 9.17) is 14.5 Å². The summed E-state index contributed by atoms with van der Waals surface area (Å²) in [4.78, 5) is 6.88. The van der Waals surface area contributed by atoms with Crippen LogP contribution in [-0.2, 0) is 20.1 Å². The SMILES string of the molecule is COc1ccc(CN=C(NCc2nnc(C)n2C)N(C)CCOc2ccccc2C)cc1. The first-order chi connectivity index (χ1) is 15.5. The topological polar surface area (TPSA) is 76.8 Å². The summed E-state index contributed by atoms with van der Waals surface area (Å²) in [5.74, 6) is 4.23. The van der Waals surface area contributed by atoms with E-state index in [1.165, 1.54) is 0 Å². The number of ether oxygens (including phenoxy) is 2. The number of hydrogen-bond donors (Lipinski definition) is 1. The minimum atomic E-state index is 0.530. The van der Waals surface area contributed by atoms with Crippen LogP contribution in [0.1, 0.15) is 22.8 Å². The molecule has 170 valence electrons. The largest absolute Gasteiger partial charge is 0.497 e. The maximum absolute atomic E-state index is 5.97. The zero-order valence-electron chi connectivity index (χ0n) is 19.5. The molecule has 0 aliphatic heterocycles. The van der Waals surface area contributed by atoms with Gasteiger partial charge in [-0.3, -0.25) is 0 Å². The van der Waals surface area contributed by atoms with Crippen molar-refractivity contribution in [3.8, 4) is 11.5 Å². The second kappa shape index (κ2) is 11.2. The van der Waals surface area contributed by atoms with E-state index in [9.17, 15) is 0 Å². The highest BCUT2D eigenvalue weighted by molar-refractivity contribution is 5.79. The second-order valence-corrected chi connectivity index (χ2v) is 7.60. The second-order valence-electron chi connectivity index (χ2n) is 7.60. The van der Waals surface area contributed by atoms with Crippen LogP contribution in [0, 0.1) is 13.8 Å². The number of methoxy groups -OCH3 is 1. The fourth-order valence-electron chi connectivity index (χ4n) is 3.09. The van der Waals surface area contributed by atoms with E-state index in [0.717, 1.165) is 40.2 Å². The highest BCUT2D eigenvalue weighted by atomic mass is 16.5. The lowest BCUT2D eigenvalue weighted by Crippen LogP contribution is -2.41. The predicted molar refractivity (Wildman–Crippen MR) is 126 cm³/mol. The van der Waals surface area contributed by atoms with E-state index in [1.54, 1.807) is 7.11 Å². The number of likely N-dealkylation sites (N-methyl/N-ethyl adjacent to an activating group) is 1. The minimum Gasteiger partial charge on any atom is -0.497 e. The van der Waals surface area contributed by atoms with Crippen molar-refractivity contribution in [3.63, 3.8) is 0 Å². The maximum Gasteiger partial charge on any atom is 0.194 e. The Morgan fingerprint density at radius 3 is 2.50 bits per heavy atom. The predicted octanol–water partition coefficient (Wildman–Crippen LogP) is 3.10. The van der Waals surface area contributed by atoms with Crippen LogP contribution in [0.25, 0.3) is 0 Å². The molecule has 8 heteroatoms. The summed E-state index contributed by atoms with van der Waals surface area (Å²) in [6.07, 6.45) is 0. The fourth-order valence-corrected chi connectivity index (χ4v) is 3.09. The first-order valence-electron chi connectivity index (χ1n) is 10.6. The first kappa shape index (κ1) is 23.1. The van der Waals surface area contributed by atoms with Crippen molar-refractivity contribution in [1.29, 1.82) is 0 Å². The van der Waals surface area contributed by atoms with Crippen LogP contribution in [0.5, 0.6) is 11.5 Å². The summed E-state index contributed by atoms with van der Waals surface area (Å²) >= 11 is 0. The van der Waals surface area contributed by atoms with Gasteiger partial charge in [0.2, 0.25) is 0 Å². The minimum absolute atomic E-state index is 0.530. The Morgan fingerprint density at radius 2 is 1.84 bits per heavy atom. The number of aromatic nitrogens is 3. The monoisotopic (exact) mass is 436 g/mol. The van der Waals surface area contributed by atoms with Gasteiger partial charge in [0, 0.05) is 14.1 Å². The van der Waals surface area contributed by atoms with Crippen LogP contribution in [0.3, 0.4) is 0 Å². The number of guanidine groups is 1. The maximum atomic E-state index is 5.97. The van der Waals surface area contributed by atoms with Gasteiger partial charge in [-0.15, -0.1) is 10.2 Å². The van der Waals surface area contributed by atoms with Crippen LogP contribution in [0.2, 0.25) is 0 Å². The van der Waals surface area contributed by atoms with E-state index in [1.807, 2.05) is 81.0 Å². The molecule has 0 aliphatic rings. The summed E-state index contributed by atoms with van der Waals surface area (Å²) in [7, 11) is 5.63. The van der Waals surface area contributed by atoms with Crippen molar-refractivity contribution in [2.75, 3.05) is 27.3 Å². The number of nitrogens with one attached hydrogen (secondary N) is 1. The van der Waals surface area contributed by atoms with Gasteiger partial charge < -0.3 is 24.3 Å². The normalized spacial score (nSPS) is 11.3. The Morgan fingerprint density at radius 1 is 1.09 bits per heavy atom. The molecule has 0 fully saturated rings. The van der Waals surface area contributed by atoms with Crippen molar-refractivity contribution in [1.82, 2.24) is 25.0 Å². The molecular formula is C24H32N6O2. The molecule has 0 saturated carbocycles. The summed E-state index contributed by atoms with van der Waals surface area (Å²) in [5, 5.41) is 11.8. The average molecular weight is 437 g/mol. The van der Waals surface area contributed by atoms with E-state index < -0.39 is 0 Å². The molecular weight excluding hydrogens is 404 g/mol. The van der Waals surface area contributed by atoms with Crippen molar-refractivity contribution < 1.29 is 9.47 Å². The summed E-state index contributed by atoms with van der Waals surface area (Å²) < 4.78 is 13.2. The molecule has 0 unspecified atom stereocenters. The third-order valence-electron chi connectivity index (χ3n) is 5.30. The third kappa shape index (κ3) is 6.23. The number of aliphatic imine (C=N–C) groups is 1. The van der Waals surface area contributed by atoms with Gasteiger partial charge in [0.05, 0.1) is 26.7 Å². The van der Waals surface area contributed by atoms with Gasteiger partial charge in [-0.05, 0) is 43.2 Å². The van der Waals surface area contributed by atoms with E-state index in [2.05, 4.69) is 20.4 Å². The molecule has 1 N–H and O–H groups in total. The van der Waals surface area contributed by atoms with Crippen molar-refractivity contribution >= 4 is 5.96 Å². The summed E-state index contributed by atoms with van der Waals surface area (Å²) in [5.41, 5.74) is 2.23. The van der Waals surface area contributed by atoms with E-state index in [-0.39, 0.29) is 0 Å². The van der Waals surface area contributed by atoms with Crippen LogP contribution in [-0.4, -0.2) is 52.9 Å². The molecule has 32 heavy (non-hydrogen) atoms. The number of nitrogens with zero attached hydrogens (tertiary/aromatic N) is 5. The molecule has 2 aromatic carbocycles. The molecule has 1 heterocycles. The molecule has 0 amide bonds. The number of para-hydroxylation sites is 1. The van der Waals surface area contributed by atoms with Gasteiger partial charge in [-0.1, -0.05) is 30.3 Å². The molecule has 1 aromatic heterocycles. The van der Waals surface area contributed by atoms with Gasteiger partial charge in [0.15, 0.2) is 11.8 Å². The van der Waals surface area contributed by atoms with Gasteiger partial charge in [-0.25, -0.2) is 4.99 Å². The van der Waals surface area contributed by atoms with Crippen molar-refractivity contribution in [2.24, 2.45) is 12.0 Å². The lowest BCUT2D eigenvalue weighted by Gasteiger charge is -2.23. The first-order valence-corrected chi connectivity index (χ1v) is 10.6. The van der Waals surface area contributed by atoms with Crippen molar-refractivity contribution in [3.05, 3.63) is 71.3 Å². The molecule has 0 bridgehead atoms. The molecule has 0 spiro atoms. The van der Waals surface area contributed by atoms with Gasteiger partial charge >= 0.3 is 0 Å². The molecule has 3 aromatic rings. The highest BCUT2D eigenvalue weighted by Gasteiger charge is 2.11. The third-order valence-corrected chi connectivity index (χ3v) is 5.30. The average Bonchev–Trinajstić information content (AvgIpc) is 3.13. The van der Waals surface area contributed by atoms with Crippen LogP contribution >= 0.6 is 0 Å². The summed E-state index contributed by atoms with van der Waals surface area (Å²) in [6.45, 7) is 6.29. The lowest BCUT2D eigenvalue weighted by molar-refractivity contribution is 0.279. The highest BCUT2D eigenvalue weighted by Crippen LogP contribution is 2.16. The molecule has 0 atom stereocenters. The zero-order chi connectivity index (χ0) is 22.9.